The van der Waals surface area contributed by atoms with Crippen molar-refractivity contribution in [2.24, 2.45) is 0 Å². The van der Waals surface area contributed by atoms with Crippen LogP contribution < -0.4 is 50.4 Å². The van der Waals surface area contributed by atoms with E-state index >= 15 is 0 Å². The SMILES string of the molecule is [O-][Br+2]([O-])[O-].[O-][Br+2]([O-])[O-].[O-][Br+2]([O-])[O-].[O-][Br+2]([O-])[O-].[Re]. The molecule has 0 heterocycles. The summed E-state index contributed by atoms with van der Waals surface area (Å²) in [6.45, 7) is 0. The molecule has 0 rings (SSSR count). The van der Waals surface area contributed by atoms with Crippen LogP contribution >= 0.6 is 0 Å². The second kappa shape index (κ2) is 26.6. The Balaban J connectivity index is -0.0000000369. The molecule has 111 valence electrons. The van der Waals surface area contributed by atoms with E-state index in [2.05, 4.69) is 0 Å². The minimum atomic E-state index is -3.65. The van der Waals surface area contributed by atoms with Crippen LogP contribution in [0.15, 0.2) is 0 Å². The second-order valence-corrected chi connectivity index (χ2v) is 3.93. The van der Waals surface area contributed by atoms with Gasteiger partial charge in [0.05, 0.1) is 0 Å². The Morgan fingerprint density at radius 3 is 0.294 bits per heavy atom. The van der Waals surface area contributed by atoms with Crippen LogP contribution in [0, 0.1) is 59.3 Å². The molecule has 0 aromatic rings. The molecule has 0 aliphatic heterocycles. The van der Waals surface area contributed by atoms with Crippen LogP contribution in [0.4, 0.5) is 0 Å². The van der Waals surface area contributed by atoms with Gasteiger partial charge in [-0.3, -0.25) is 0 Å². The van der Waals surface area contributed by atoms with Crippen LogP contribution in [0.2, 0.25) is 0 Å². The Bertz CT molecular complexity index is 61.5. The number of hydrogen-bond donors (Lipinski definition) is 0. The van der Waals surface area contributed by atoms with Gasteiger partial charge in [0.15, 0.2) is 0 Å². The summed E-state index contributed by atoms with van der Waals surface area (Å²) >= 11 is -14.6. The zero-order valence-electron chi connectivity index (χ0n) is 6.79. The topological polar surface area (TPSA) is 277 Å². The van der Waals surface area contributed by atoms with Gasteiger partial charge in [-0.2, -0.15) is 0 Å². The smallest absolute Gasteiger partial charge is 0.216 e. The molecule has 0 aromatic heterocycles. The summed E-state index contributed by atoms with van der Waals surface area (Å²) in [6.07, 6.45) is 0. The van der Waals surface area contributed by atoms with E-state index < -0.39 is 59.3 Å². The van der Waals surface area contributed by atoms with Gasteiger partial charge in [-0.1, -0.05) is 0 Å². The van der Waals surface area contributed by atoms with E-state index in [0.717, 1.165) is 0 Å². The van der Waals surface area contributed by atoms with Crippen molar-refractivity contribution in [3.63, 3.8) is 0 Å². The van der Waals surface area contributed by atoms with Gasteiger partial charge in [0.25, 0.3) is 0 Å². The predicted octanol–water partition coefficient (Wildman–Crippen LogP) is -14.3. The van der Waals surface area contributed by atoms with E-state index in [0.29, 0.717) is 0 Å². The summed E-state index contributed by atoms with van der Waals surface area (Å²) in [5, 5.41) is 0. The zero-order valence-corrected chi connectivity index (χ0v) is 15.8. The third kappa shape index (κ3) is 1060. The van der Waals surface area contributed by atoms with E-state index in [9.17, 15) is 0 Å². The summed E-state index contributed by atoms with van der Waals surface area (Å²) in [4.78, 5) is 0. The molecule has 0 saturated heterocycles. The van der Waals surface area contributed by atoms with Crippen molar-refractivity contribution in [1.29, 1.82) is 0 Å². The monoisotopic (exact) mass is 695 g/mol. The van der Waals surface area contributed by atoms with E-state index in [1.807, 2.05) is 0 Å². The van der Waals surface area contributed by atoms with Crippen LogP contribution in [0.3, 0.4) is 0 Å². The van der Waals surface area contributed by atoms with Crippen molar-refractivity contribution < 1.29 is 130 Å². The first-order valence-corrected chi connectivity index (χ1v) is 9.62. The first-order chi connectivity index (χ1) is 6.93. The van der Waals surface area contributed by atoms with E-state index in [4.69, 9.17) is 50.4 Å². The molecule has 0 saturated carbocycles. The summed E-state index contributed by atoms with van der Waals surface area (Å²) < 4.78 is 102. The summed E-state index contributed by atoms with van der Waals surface area (Å²) in [5.41, 5.74) is 0. The normalized spacial score (nSPS) is 8.47. The third-order valence-corrected chi connectivity index (χ3v) is 0. The number of hydrogen-bond acceptors (Lipinski definition) is 12. The molecule has 0 N–H and O–H groups in total. The largest absolute Gasteiger partial charge is 0.405 e. The fraction of sp³-hybridized carbons (Fsp3) is 0. The van der Waals surface area contributed by atoms with E-state index in [-0.39, 0.29) is 20.4 Å². The molecule has 0 amide bonds. The Kier molecular flexibility index (Phi) is 49.3. The molecular weight excluding hydrogens is 698 g/mol. The molecule has 0 fully saturated rings. The zero-order chi connectivity index (χ0) is 14.3. The van der Waals surface area contributed by atoms with Crippen LogP contribution in [-0.4, -0.2) is 0 Å². The molecule has 0 aliphatic carbocycles. The van der Waals surface area contributed by atoms with Gasteiger partial charge in [0.2, 0.25) is 59.3 Å². The van der Waals surface area contributed by atoms with Crippen molar-refractivity contribution in [3.8, 4) is 0 Å². The Morgan fingerprint density at radius 1 is 0.294 bits per heavy atom. The second-order valence-electron chi connectivity index (χ2n) is 0.756. The molecule has 12 nitrogen and oxygen atoms in total. The number of halogens is 4. The number of rotatable bonds is 0. The Hall–Kier alpha value is 2.10. The first-order valence-electron chi connectivity index (χ1n) is 1.85. The minimum Gasteiger partial charge on any atom is -0.405 e. The molecule has 1 radical (unpaired) electrons. The van der Waals surface area contributed by atoms with Crippen LogP contribution in [0.25, 0.3) is 0 Å². The summed E-state index contributed by atoms with van der Waals surface area (Å²) in [7, 11) is 0. The third-order valence-electron chi connectivity index (χ3n) is 0. The van der Waals surface area contributed by atoms with Crippen molar-refractivity contribution in [3.05, 3.63) is 0 Å². The maximum atomic E-state index is 8.52. The van der Waals surface area contributed by atoms with Gasteiger partial charge in [0, 0.05) is 20.4 Å². The fourth-order valence-corrected chi connectivity index (χ4v) is 0. The molecule has 0 atom stereocenters. The average molecular weight is 698 g/mol. The minimum absolute atomic E-state index is 0. The molecule has 0 spiro atoms. The summed E-state index contributed by atoms with van der Waals surface area (Å²) in [6, 6.07) is 0. The standard InChI is InChI=1S/4BrO3.Re/c4*2-1(3)4;/q4*-1;. The van der Waals surface area contributed by atoms with Gasteiger partial charge in [-0.05, 0) is 0 Å². The van der Waals surface area contributed by atoms with Crippen molar-refractivity contribution in [2.75, 3.05) is 0 Å². The molecular formula is Br4O12Re-4. The quantitative estimate of drug-likeness (QED) is 0.228. The average Bonchev–Trinajstić information content (AvgIpc) is 1.76. The van der Waals surface area contributed by atoms with Gasteiger partial charge in [0.1, 0.15) is 0 Å². The van der Waals surface area contributed by atoms with Crippen molar-refractivity contribution in [2.45, 2.75) is 0 Å². The van der Waals surface area contributed by atoms with Crippen molar-refractivity contribution >= 4 is 0 Å². The van der Waals surface area contributed by atoms with Crippen LogP contribution in [0.1, 0.15) is 0 Å². The van der Waals surface area contributed by atoms with E-state index in [1.54, 1.807) is 0 Å². The van der Waals surface area contributed by atoms with Crippen LogP contribution in [-0.2, 0) is 20.4 Å². The maximum Gasteiger partial charge on any atom is 0.216 e. The predicted molar refractivity (Wildman–Crippen MR) is 0 cm³/mol. The van der Waals surface area contributed by atoms with Gasteiger partial charge < -0.3 is 50.4 Å². The molecule has 0 aromatic carbocycles. The molecule has 0 unspecified atom stereocenters. The molecule has 0 bridgehead atoms. The van der Waals surface area contributed by atoms with Gasteiger partial charge in [-0.25, -0.2) is 0 Å². The Labute approximate surface area is 129 Å². The first kappa shape index (κ1) is 31.5. The maximum absolute atomic E-state index is 8.52. The molecule has 17 heteroatoms. The summed E-state index contributed by atoms with van der Waals surface area (Å²) in [5.74, 6) is 0. The fourth-order valence-electron chi connectivity index (χ4n) is 0. The van der Waals surface area contributed by atoms with Gasteiger partial charge >= 0.3 is 0 Å². The van der Waals surface area contributed by atoms with Crippen LogP contribution in [0.5, 0.6) is 0 Å². The van der Waals surface area contributed by atoms with Gasteiger partial charge in [-0.15, -0.1) is 0 Å². The molecule has 17 heavy (non-hydrogen) atoms. The molecule has 0 aliphatic rings. The van der Waals surface area contributed by atoms with E-state index in [1.165, 1.54) is 0 Å². The van der Waals surface area contributed by atoms with Crippen molar-refractivity contribution in [1.82, 2.24) is 0 Å². The Morgan fingerprint density at radius 2 is 0.294 bits per heavy atom.